The second kappa shape index (κ2) is 13.3. The number of aryl methyl sites for hydroxylation is 1. The Morgan fingerprint density at radius 3 is 2.46 bits per heavy atom. The quantitative estimate of drug-likeness (QED) is 0.207. The zero-order valence-electron chi connectivity index (χ0n) is 16.9. The highest BCUT2D eigenvalue weighted by Gasteiger charge is 2.27. The van der Waals surface area contributed by atoms with Crippen LogP contribution in [-0.4, -0.2) is 71.4 Å². The molecule has 2 rings (SSSR count). The van der Waals surface area contributed by atoms with E-state index in [1.165, 1.54) is 0 Å². The molecule has 0 spiro atoms. The molecule has 1 aromatic rings. The number of hydrogen-bond acceptors (Lipinski definition) is 5. The number of nitrogens with one attached hydrogen (secondary N) is 2. The van der Waals surface area contributed by atoms with Crippen molar-refractivity contribution in [2.45, 2.75) is 58.5 Å². The zero-order chi connectivity index (χ0) is 19.5. The molecular formula is C17H34IN7O2S. The predicted molar refractivity (Wildman–Crippen MR) is 122 cm³/mol. The van der Waals surface area contributed by atoms with Crippen molar-refractivity contribution in [1.29, 1.82) is 0 Å². The van der Waals surface area contributed by atoms with E-state index in [2.05, 4.69) is 25.8 Å². The van der Waals surface area contributed by atoms with Crippen molar-refractivity contribution in [3.05, 3.63) is 12.7 Å². The Morgan fingerprint density at radius 2 is 1.86 bits per heavy atom. The van der Waals surface area contributed by atoms with E-state index in [1.54, 1.807) is 17.0 Å². The second-order valence-corrected chi connectivity index (χ2v) is 8.89. The highest BCUT2D eigenvalue weighted by Crippen LogP contribution is 2.15. The van der Waals surface area contributed by atoms with E-state index in [4.69, 9.17) is 0 Å². The minimum absolute atomic E-state index is 0. The lowest BCUT2D eigenvalue weighted by molar-refractivity contribution is 0.306. The average Bonchev–Trinajstić information content (AvgIpc) is 3.15. The van der Waals surface area contributed by atoms with Gasteiger partial charge in [-0.05, 0) is 39.0 Å². The van der Waals surface area contributed by atoms with Crippen molar-refractivity contribution >= 4 is 40.0 Å². The number of guanidine groups is 1. The van der Waals surface area contributed by atoms with Gasteiger partial charge >= 0.3 is 0 Å². The van der Waals surface area contributed by atoms with E-state index < -0.39 is 10.0 Å². The summed E-state index contributed by atoms with van der Waals surface area (Å²) in [5.41, 5.74) is 0. The largest absolute Gasteiger partial charge is 0.357 e. The molecule has 1 fully saturated rings. The summed E-state index contributed by atoms with van der Waals surface area (Å²) in [7, 11) is -3.09. The van der Waals surface area contributed by atoms with E-state index in [0.717, 1.165) is 51.3 Å². The van der Waals surface area contributed by atoms with Gasteiger partial charge in [-0.2, -0.15) is 0 Å². The maximum absolute atomic E-state index is 12.2. The molecule has 0 atom stereocenters. The van der Waals surface area contributed by atoms with E-state index >= 15 is 0 Å². The van der Waals surface area contributed by atoms with Crippen LogP contribution in [0, 0.1) is 0 Å². The van der Waals surface area contributed by atoms with Crippen molar-refractivity contribution in [3.8, 4) is 0 Å². The summed E-state index contributed by atoms with van der Waals surface area (Å²) in [5, 5.41) is 14.3. The number of rotatable bonds is 10. The molecule has 1 saturated heterocycles. The lowest BCUT2D eigenvalue weighted by atomic mass is 10.1. The first-order valence-electron chi connectivity index (χ1n) is 9.90. The monoisotopic (exact) mass is 527 g/mol. The van der Waals surface area contributed by atoms with E-state index in [9.17, 15) is 8.42 Å². The SMILES string of the molecule is CCCS(=O)(=O)N1CCC(NC(=NCCCCn2cnnc2)NCC)CC1.I. The molecule has 0 saturated carbocycles. The highest BCUT2D eigenvalue weighted by molar-refractivity contribution is 14.0. The van der Waals surface area contributed by atoms with Crippen LogP contribution in [0.5, 0.6) is 0 Å². The normalized spacial score (nSPS) is 16.6. The fraction of sp³-hybridized carbons (Fsp3) is 0.824. The zero-order valence-corrected chi connectivity index (χ0v) is 20.0. The Bertz CT molecular complexity index is 659. The average molecular weight is 527 g/mol. The smallest absolute Gasteiger partial charge is 0.214 e. The van der Waals surface area contributed by atoms with E-state index in [0.29, 0.717) is 19.5 Å². The molecule has 1 aromatic heterocycles. The molecule has 11 heteroatoms. The first-order valence-corrected chi connectivity index (χ1v) is 11.5. The third kappa shape index (κ3) is 8.60. The van der Waals surface area contributed by atoms with Crippen molar-refractivity contribution in [1.82, 2.24) is 29.7 Å². The molecule has 0 bridgehead atoms. The second-order valence-electron chi connectivity index (χ2n) is 6.80. The molecule has 1 aliphatic rings. The van der Waals surface area contributed by atoms with Crippen LogP contribution in [0.4, 0.5) is 0 Å². The summed E-state index contributed by atoms with van der Waals surface area (Å²) in [6, 6.07) is 0.257. The van der Waals surface area contributed by atoms with Crippen molar-refractivity contribution in [2.75, 3.05) is 31.9 Å². The van der Waals surface area contributed by atoms with Crippen LogP contribution >= 0.6 is 24.0 Å². The maximum Gasteiger partial charge on any atom is 0.214 e. The van der Waals surface area contributed by atoms with Gasteiger partial charge in [0.15, 0.2) is 5.96 Å². The topological polar surface area (TPSA) is 105 Å². The van der Waals surface area contributed by atoms with Crippen molar-refractivity contribution in [3.63, 3.8) is 0 Å². The van der Waals surface area contributed by atoms with Gasteiger partial charge in [-0.25, -0.2) is 12.7 Å². The molecule has 2 N–H and O–H groups in total. The standard InChI is InChI=1S/C17H33N7O2S.HI/c1-3-13-27(25,26)24-11-7-16(8-12-24)22-17(18-4-2)19-9-5-6-10-23-14-20-21-15-23;/h14-16H,3-13H2,1-2H3,(H2,18,19,22);1H. The molecule has 9 nitrogen and oxygen atoms in total. The van der Waals surface area contributed by atoms with Crippen molar-refractivity contribution in [2.24, 2.45) is 4.99 Å². The molecule has 1 aliphatic heterocycles. The van der Waals surface area contributed by atoms with Crippen LogP contribution in [0.1, 0.15) is 46.0 Å². The van der Waals surface area contributed by atoms with Gasteiger partial charge in [0.25, 0.3) is 0 Å². The summed E-state index contributed by atoms with van der Waals surface area (Å²) >= 11 is 0. The fourth-order valence-corrected chi connectivity index (χ4v) is 4.65. The molecule has 2 heterocycles. The van der Waals surface area contributed by atoms with Gasteiger partial charge in [-0.1, -0.05) is 6.92 Å². The molecule has 0 amide bonds. The third-order valence-corrected chi connectivity index (χ3v) is 6.63. The van der Waals surface area contributed by atoms with Gasteiger partial charge in [-0.15, -0.1) is 34.2 Å². The summed E-state index contributed by atoms with van der Waals surface area (Å²) in [4.78, 5) is 4.65. The Balaban J connectivity index is 0.00000392. The van der Waals surface area contributed by atoms with E-state index in [-0.39, 0.29) is 35.8 Å². The van der Waals surface area contributed by atoms with E-state index in [1.807, 2.05) is 18.4 Å². The third-order valence-electron chi connectivity index (χ3n) is 4.56. The Labute approximate surface area is 185 Å². The van der Waals surface area contributed by atoms with Crippen molar-refractivity contribution < 1.29 is 8.42 Å². The molecule has 28 heavy (non-hydrogen) atoms. The summed E-state index contributed by atoms with van der Waals surface area (Å²) in [6.07, 6.45) is 7.73. The van der Waals surface area contributed by atoms with Crippen LogP contribution < -0.4 is 10.6 Å². The Morgan fingerprint density at radius 1 is 1.18 bits per heavy atom. The van der Waals surface area contributed by atoms with Gasteiger partial charge < -0.3 is 15.2 Å². The summed E-state index contributed by atoms with van der Waals surface area (Å²) in [5.74, 6) is 1.06. The number of unbranched alkanes of at least 4 members (excludes halogenated alkanes) is 1. The molecule has 0 aliphatic carbocycles. The minimum atomic E-state index is -3.09. The number of nitrogens with zero attached hydrogens (tertiary/aromatic N) is 5. The summed E-state index contributed by atoms with van der Waals surface area (Å²) < 4.78 is 27.9. The molecule has 162 valence electrons. The predicted octanol–water partition coefficient (Wildman–Crippen LogP) is 1.44. The van der Waals surface area contributed by atoms with Crippen LogP contribution in [-0.2, 0) is 16.6 Å². The molecular weight excluding hydrogens is 493 g/mol. The van der Waals surface area contributed by atoms with Gasteiger partial charge in [0.2, 0.25) is 10.0 Å². The Hall–Kier alpha value is -0.950. The molecule has 0 unspecified atom stereocenters. The fourth-order valence-electron chi connectivity index (χ4n) is 3.11. The summed E-state index contributed by atoms with van der Waals surface area (Å²) in [6.45, 7) is 7.56. The number of aromatic nitrogens is 3. The van der Waals surface area contributed by atoms with Gasteiger partial charge in [-0.3, -0.25) is 4.99 Å². The molecule has 0 radical (unpaired) electrons. The first kappa shape index (κ1) is 25.1. The van der Waals surface area contributed by atoms with Gasteiger partial charge in [0.1, 0.15) is 12.7 Å². The molecule has 0 aromatic carbocycles. The van der Waals surface area contributed by atoms with Gasteiger partial charge in [0.05, 0.1) is 5.75 Å². The minimum Gasteiger partial charge on any atom is -0.357 e. The Kier molecular flexibility index (Phi) is 11.9. The lowest BCUT2D eigenvalue weighted by Gasteiger charge is -2.32. The highest BCUT2D eigenvalue weighted by atomic mass is 127. The number of piperidine rings is 1. The van der Waals surface area contributed by atoms with Crippen LogP contribution in [0.3, 0.4) is 0 Å². The van der Waals surface area contributed by atoms with Crippen LogP contribution in [0.25, 0.3) is 0 Å². The number of hydrogen-bond donors (Lipinski definition) is 2. The number of sulfonamides is 1. The first-order chi connectivity index (χ1) is 13.0. The van der Waals surface area contributed by atoms with Gasteiger partial charge in [0, 0.05) is 38.8 Å². The number of aliphatic imine (C=N–C) groups is 1. The van der Waals surface area contributed by atoms with Crippen LogP contribution in [0.2, 0.25) is 0 Å². The lowest BCUT2D eigenvalue weighted by Crippen LogP contribution is -2.50. The van der Waals surface area contributed by atoms with Crippen LogP contribution in [0.15, 0.2) is 17.6 Å². The maximum atomic E-state index is 12.2. The number of halogens is 1.